The van der Waals surface area contributed by atoms with Gasteiger partial charge >= 0.3 is 5.97 Å². The molecule has 6 heteroatoms. The minimum Gasteiger partial charge on any atom is -0.465 e. The summed E-state index contributed by atoms with van der Waals surface area (Å²) >= 11 is 0. The van der Waals surface area contributed by atoms with Gasteiger partial charge in [0, 0.05) is 37.4 Å². The van der Waals surface area contributed by atoms with Crippen molar-refractivity contribution in [2.45, 2.75) is 6.92 Å². The van der Waals surface area contributed by atoms with Gasteiger partial charge in [0.2, 0.25) is 0 Å². The van der Waals surface area contributed by atoms with Crippen molar-refractivity contribution < 1.29 is 9.53 Å². The molecule has 6 nitrogen and oxygen atoms in total. The van der Waals surface area contributed by atoms with E-state index in [1.165, 1.54) is 7.11 Å². The summed E-state index contributed by atoms with van der Waals surface area (Å²) in [6.45, 7) is 1.96. The van der Waals surface area contributed by atoms with Crippen LogP contribution >= 0.6 is 0 Å². The molecule has 0 atom stereocenters. The summed E-state index contributed by atoms with van der Waals surface area (Å²) in [5.74, 6) is -0.359. The highest BCUT2D eigenvalue weighted by Crippen LogP contribution is 2.28. The molecule has 0 fully saturated rings. The Morgan fingerprint density at radius 3 is 2.67 bits per heavy atom. The molecule has 0 saturated heterocycles. The molecule has 3 heterocycles. The van der Waals surface area contributed by atoms with Crippen LogP contribution in [0.5, 0.6) is 0 Å². The molecule has 0 saturated carbocycles. The lowest BCUT2D eigenvalue weighted by molar-refractivity contribution is 0.0603. The average molecular weight is 284 g/mol. The van der Waals surface area contributed by atoms with E-state index in [4.69, 9.17) is 4.74 Å². The molecular weight excluding hydrogens is 268 g/mol. The molecule has 3 aromatic heterocycles. The highest BCUT2D eigenvalue weighted by molar-refractivity contribution is 6.05. The second-order valence-corrected chi connectivity index (χ2v) is 5.07. The normalized spacial score (nSPS) is 11.0. The second-order valence-electron chi connectivity index (χ2n) is 5.07. The Kier molecular flexibility index (Phi) is 3.01. The van der Waals surface area contributed by atoms with Gasteiger partial charge in [0.05, 0.1) is 24.6 Å². The molecule has 108 valence electrons. The average Bonchev–Trinajstić information content (AvgIpc) is 3.02. The van der Waals surface area contributed by atoms with Gasteiger partial charge in [-0.15, -0.1) is 0 Å². The van der Waals surface area contributed by atoms with E-state index in [1.54, 1.807) is 16.9 Å². The van der Waals surface area contributed by atoms with Gasteiger partial charge in [-0.3, -0.25) is 4.68 Å². The van der Waals surface area contributed by atoms with Crippen molar-refractivity contribution in [1.82, 2.24) is 19.3 Å². The maximum atomic E-state index is 12.1. The van der Waals surface area contributed by atoms with Gasteiger partial charge in [0.1, 0.15) is 5.65 Å². The number of aryl methyl sites for hydroxylation is 3. The topological polar surface area (TPSA) is 61.9 Å². The minimum absolute atomic E-state index is 0.359. The Labute approximate surface area is 122 Å². The maximum Gasteiger partial charge on any atom is 0.338 e. The number of esters is 1. The molecule has 0 radical (unpaired) electrons. The molecule has 0 bridgehead atoms. The fraction of sp³-hybridized carbons (Fsp3) is 0.267. The van der Waals surface area contributed by atoms with Crippen LogP contribution < -0.4 is 0 Å². The molecule has 0 N–H and O–H groups in total. The summed E-state index contributed by atoms with van der Waals surface area (Å²) in [7, 11) is 5.14. The summed E-state index contributed by atoms with van der Waals surface area (Å²) in [6, 6.07) is 1.76. The van der Waals surface area contributed by atoms with Crippen LogP contribution in [0.3, 0.4) is 0 Å². The first-order chi connectivity index (χ1) is 10.0. The third-order valence-corrected chi connectivity index (χ3v) is 3.52. The van der Waals surface area contributed by atoms with Crippen molar-refractivity contribution in [3.05, 3.63) is 35.8 Å². The Bertz CT molecular complexity index is 845. The van der Waals surface area contributed by atoms with E-state index in [0.29, 0.717) is 11.3 Å². The predicted octanol–water partition coefficient (Wildman–Crippen LogP) is 2.07. The number of fused-ring (bicyclic) bond motifs is 1. The van der Waals surface area contributed by atoms with Crippen molar-refractivity contribution >= 4 is 17.0 Å². The summed E-state index contributed by atoms with van der Waals surface area (Å²) in [4.78, 5) is 16.8. The van der Waals surface area contributed by atoms with Crippen molar-refractivity contribution in [3.63, 3.8) is 0 Å². The molecule has 0 spiro atoms. The van der Waals surface area contributed by atoms with Crippen LogP contribution in [0.1, 0.15) is 15.9 Å². The van der Waals surface area contributed by atoms with E-state index in [9.17, 15) is 4.79 Å². The Balaban J connectivity index is 2.33. The fourth-order valence-electron chi connectivity index (χ4n) is 2.56. The zero-order valence-electron chi connectivity index (χ0n) is 12.4. The van der Waals surface area contributed by atoms with Gasteiger partial charge in [-0.2, -0.15) is 5.10 Å². The van der Waals surface area contributed by atoms with Crippen LogP contribution in [0.25, 0.3) is 22.3 Å². The van der Waals surface area contributed by atoms with E-state index in [1.807, 2.05) is 38.0 Å². The molecule has 3 rings (SSSR count). The number of ether oxygens (including phenoxy) is 1. The summed E-state index contributed by atoms with van der Waals surface area (Å²) in [5, 5.41) is 4.98. The first-order valence-electron chi connectivity index (χ1n) is 6.55. The number of hydrogen-bond donors (Lipinski definition) is 0. The third kappa shape index (κ3) is 2.08. The SMILES string of the molecule is COC(=O)c1cc(-c2cnn(C)c2)nc2c1c(C)cn2C. The summed E-state index contributed by atoms with van der Waals surface area (Å²) in [6.07, 6.45) is 5.55. The number of nitrogens with zero attached hydrogens (tertiary/aromatic N) is 4. The number of hydrogen-bond acceptors (Lipinski definition) is 4. The number of methoxy groups -OCH3 is 1. The van der Waals surface area contributed by atoms with Gasteiger partial charge < -0.3 is 9.30 Å². The Hall–Kier alpha value is -2.63. The quantitative estimate of drug-likeness (QED) is 0.676. The lowest BCUT2D eigenvalue weighted by Crippen LogP contribution is -2.04. The highest BCUT2D eigenvalue weighted by Gasteiger charge is 2.18. The number of carbonyl (C=O) groups is 1. The fourth-order valence-corrected chi connectivity index (χ4v) is 2.56. The predicted molar refractivity (Wildman–Crippen MR) is 79.0 cm³/mol. The standard InChI is InChI=1S/C15H16N4O2/c1-9-7-18(2)14-13(9)11(15(20)21-4)5-12(17-14)10-6-16-19(3)8-10/h5-8H,1-4H3. The smallest absolute Gasteiger partial charge is 0.338 e. The molecule has 0 aromatic carbocycles. The van der Waals surface area contributed by atoms with Crippen LogP contribution in [0.2, 0.25) is 0 Å². The first kappa shape index (κ1) is 13.4. The lowest BCUT2D eigenvalue weighted by Gasteiger charge is -2.06. The molecule has 3 aromatic rings. The zero-order valence-corrected chi connectivity index (χ0v) is 12.4. The Morgan fingerprint density at radius 2 is 2.05 bits per heavy atom. The monoisotopic (exact) mass is 284 g/mol. The second kappa shape index (κ2) is 4.73. The van der Waals surface area contributed by atoms with Gasteiger partial charge in [-0.1, -0.05) is 0 Å². The van der Waals surface area contributed by atoms with E-state index in [0.717, 1.165) is 22.2 Å². The molecule has 0 amide bonds. The van der Waals surface area contributed by atoms with Crippen LogP contribution in [0, 0.1) is 6.92 Å². The largest absolute Gasteiger partial charge is 0.465 e. The molecular formula is C15H16N4O2. The van der Waals surface area contributed by atoms with Crippen molar-refractivity contribution in [2.75, 3.05) is 7.11 Å². The van der Waals surface area contributed by atoms with Gasteiger partial charge in [-0.05, 0) is 18.6 Å². The molecule has 21 heavy (non-hydrogen) atoms. The molecule has 0 aliphatic heterocycles. The third-order valence-electron chi connectivity index (χ3n) is 3.52. The van der Waals surface area contributed by atoms with Crippen molar-refractivity contribution in [3.8, 4) is 11.3 Å². The lowest BCUT2D eigenvalue weighted by atomic mass is 10.1. The number of rotatable bonds is 2. The van der Waals surface area contributed by atoms with Gasteiger partial charge in [0.25, 0.3) is 0 Å². The van der Waals surface area contributed by atoms with E-state index >= 15 is 0 Å². The summed E-state index contributed by atoms with van der Waals surface area (Å²) in [5.41, 5.74) is 3.85. The van der Waals surface area contributed by atoms with E-state index < -0.39 is 0 Å². The molecule has 0 aliphatic rings. The van der Waals surface area contributed by atoms with Crippen LogP contribution in [-0.2, 0) is 18.8 Å². The first-order valence-corrected chi connectivity index (χ1v) is 6.55. The highest BCUT2D eigenvalue weighted by atomic mass is 16.5. The Morgan fingerprint density at radius 1 is 1.29 bits per heavy atom. The van der Waals surface area contributed by atoms with E-state index in [-0.39, 0.29) is 5.97 Å². The van der Waals surface area contributed by atoms with Crippen LogP contribution in [0.15, 0.2) is 24.7 Å². The van der Waals surface area contributed by atoms with Crippen molar-refractivity contribution in [2.24, 2.45) is 14.1 Å². The number of aromatic nitrogens is 4. The number of pyridine rings is 1. The zero-order chi connectivity index (χ0) is 15.1. The molecule has 0 unspecified atom stereocenters. The molecule has 0 aliphatic carbocycles. The van der Waals surface area contributed by atoms with Gasteiger partial charge in [0.15, 0.2) is 0 Å². The van der Waals surface area contributed by atoms with Crippen LogP contribution in [-0.4, -0.2) is 32.4 Å². The van der Waals surface area contributed by atoms with E-state index in [2.05, 4.69) is 10.1 Å². The minimum atomic E-state index is -0.359. The maximum absolute atomic E-state index is 12.1. The van der Waals surface area contributed by atoms with Gasteiger partial charge in [-0.25, -0.2) is 9.78 Å². The van der Waals surface area contributed by atoms with Crippen LogP contribution in [0.4, 0.5) is 0 Å². The number of carbonyl (C=O) groups excluding carboxylic acids is 1. The van der Waals surface area contributed by atoms with Crippen molar-refractivity contribution in [1.29, 1.82) is 0 Å². The summed E-state index contributed by atoms with van der Waals surface area (Å²) < 4.78 is 8.53.